The maximum Gasteiger partial charge on any atom is 0.351 e. The third-order valence-corrected chi connectivity index (χ3v) is 3.75. The van der Waals surface area contributed by atoms with Crippen LogP contribution in [0.2, 0.25) is 0 Å². The van der Waals surface area contributed by atoms with Crippen molar-refractivity contribution in [3.8, 4) is 0 Å². The largest absolute Gasteiger partial charge is 0.456 e. The van der Waals surface area contributed by atoms with Crippen LogP contribution in [0.1, 0.15) is 32.9 Å². The number of esters is 1. The number of alkyl halides is 1. The molecule has 1 aliphatic heterocycles. The van der Waals surface area contributed by atoms with Crippen LogP contribution >= 0.6 is 0 Å². The van der Waals surface area contributed by atoms with Gasteiger partial charge in [-0.15, -0.1) is 0 Å². The lowest BCUT2D eigenvalue weighted by molar-refractivity contribution is -0.164. The summed E-state index contributed by atoms with van der Waals surface area (Å²) >= 11 is 0. The SMILES string of the molecule is CCC(=O)O[C@H]1[C@H](F)[C@H](n2ccc(N)nc2=O)O[C@@H]1COC(O)CC. The van der Waals surface area contributed by atoms with E-state index in [1.165, 1.54) is 12.3 Å². The number of carbonyl (C=O) groups is 1. The van der Waals surface area contributed by atoms with Crippen molar-refractivity contribution in [2.75, 3.05) is 12.3 Å². The minimum absolute atomic E-state index is 0.00503. The van der Waals surface area contributed by atoms with Crippen LogP contribution in [0.15, 0.2) is 17.1 Å². The average molecular weight is 359 g/mol. The minimum Gasteiger partial charge on any atom is -0.456 e. The molecule has 9 nitrogen and oxygen atoms in total. The second-order valence-corrected chi connectivity index (χ2v) is 5.56. The van der Waals surface area contributed by atoms with Gasteiger partial charge in [0.1, 0.15) is 11.9 Å². The molecule has 0 bridgehead atoms. The number of anilines is 1. The lowest BCUT2D eigenvalue weighted by Crippen LogP contribution is -2.38. The molecule has 10 heteroatoms. The summed E-state index contributed by atoms with van der Waals surface area (Å²) in [6.07, 6.45) is -4.83. The van der Waals surface area contributed by atoms with Gasteiger partial charge in [-0.25, -0.2) is 9.18 Å². The van der Waals surface area contributed by atoms with Gasteiger partial charge in [0.05, 0.1) is 6.61 Å². The Balaban J connectivity index is 2.22. The number of aliphatic hydroxyl groups excluding tert-OH is 1. The van der Waals surface area contributed by atoms with Gasteiger partial charge in [-0.1, -0.05) is 13.8 Å². The van der Waals surface area contributed by atoms with Crippen molar-refractivity contribution in [1.82, 2.24) is 9.55 Å². The Labute approximate surface area is 143 Å². The molecule has 3 N–H and O–H groups in total. The van der Waals surface area contributed by atoms with Gasteiger partial charge < -0.3 is 25.1 Å². The van der Waals surface area contributed by atoms with Crippen molar-refractivity contribution in [2.24, 2.45) is 0 Å². The summed E-state index contributed by atoms with van der Waals surface area (Å²) in [6, 6.07) is 1.33. The normalized spacial score (nSPS) is 27.2. The Morgan fingerprint density at radius 2 is 2.28 bits per heavy atom. The highest BCUT2D eigenvalue weighted by Crippen LogP contribution is 2.33. The van der Waals surface area contributed by atoms with Crippen molar-refractivity contribution in [3.05, 3.63) is 22.7 Å². The number of nitrogens with zero attached hydrogens (tertiary/aromatic N) is 2. The first kappa shape index (κ1) is 19.3. The summed E-state index contributed by atoms with van der Waals surface area (Å²) in [5.41, 5.74) is 4.63. The molecule has 0 radical (unpaired) electrons. The van der Waals surface area contributed by atoms with E-state index in [1.807, 2.05) is 0 Å². The molecule has 1 unspecified atom stereocenters. The predicted octanol–water partition coefficient (Wildman–Crippen LogP) is 0.128. The molecule has 1 aliphatic rings. The second kappa shape index (κ2) is 8.37. The van der Waals surface area contributed by atoms with Crippen LogP contribution in [0, 0.1) is 0 Å². The van der Waals surface area contributed by atoms with Crippen molar-refractivity contribution >= 4 is 11.8 Å². The Morgan fingerprint density at radius 3 is 2.88 bits per heavy atom. The van der Waals surface area contributed by atoms with Gasteiger partial charge >= 0.3 is 11.7 Å². The average Bonchev–Trinajstić information content (AvgIpc) is 2.88. The number of aromatic nitrogens is 2. The van der Waals surface area contributed by atoms with Gasteiger partial charge in [0, 0.05) is 12.6 Å². The fourth-order valence-corrected chi connectivity index (χ4v) is 2.37. The van der Waals surface area contributed by atoms with Gasteiger partial charge in [0.15, 0.2) is 24.8 Å². The Kier molecular flexibility index (Phi) is 6.45. The number of halogens is 1. The van der Waals surface area contributed by atoms with E-state index in [9.17, 15) is 19.1 Å². The van der Waals surface area contributed by atoms with E-state index in [1.54, 1.807) is 13.8 Å². The summed E-state index contributed by atoms with van der Waals surface area (Å²) < 4.78 is 31.6. The molecule has 0 aromatic carbocycles. The van der Waals surface area contributed by atoms with Gasteiger partial charge in [-0.2, -0.15) is 4.98 Å². The summed E-state index contributed by atoms with van der Waals surface area (Å²) in [5.74, 6) is -0.615. The number of hydrogen-bond donors (Lipinski definition) is 2. The topological polar surface area (TPSA) is 126 Å². The molecule has 140 valence electrons. The van der Waals surface area contributed by atoms with Crippen LogP contribution in [-0.4, -0.2) is 51.9 Å². The highest BCUT2D eigenvalue weighted by molar-refractivity contribution is 5.69. The Morgan fingerprint density at radius 1 is 1.56 bits per heavy atom. The number of hydrogen-bond acceptors (Lipinski definition) is 8. The highest BCUT2D eigenvalue weighted by Gasteiger charge is 2.49. The van der Waals surface area contributed by atoms with Crippen molar-refractivity contribution in [2.45, 2.75) is 57.6 Å². The summed E-state index contributed by atoms with van der Waals surface area (Å²) in [6.45, 7) is 3.07. The molecule has 1 saturated heterocycles. The fraction of sp³-hybridized carbons (Fsp3) is 0.667. The molecule has 0 saturated carbocycles. The van der Waals surface area contributed by atoms with Gasteiger partial charge in [-0.3, -0.25) is 9.36 Å². The molecule has 0 aliphatic carbocycles. The molecule has 1 aromatic rings. The van der Waals surface area contributed by atoms with E-state index in [0.717, 1.165) is 4.57 Å². The van der Waals surface area contributed by atoms with Crippen molar-refractivity contribution in [3.63, 3.8) is 0 Å². The Hall–Kier alpha value is -2.04. The molecule has 0 spiro atoms. The monoisotopic (exact) mass is 359 g/mol. The number of rotatable bonds is 7. The molecular formula is C15H22FN3O6. The summed E-state index contributed by atoms with van der Waals surface area (Å²) in [4.78, 5) is 27.0. The van der Waals surface area contributed by atoms with Crippen LogP contribution in [0.5, 0.6) is 0 Å². The fourth-order valence-electron chi connectivity index (χ4n) is 2.37. The van der Waals surface area contributed by atoms with Gasteiger partial charge in [0.25, 0.3) is 0 Å². The maximum atomic E-state index is 14.8. The molecule has 1 fully saturated rings. The first-order chi connectivity index (χ1) is 11.9. The zero-order valence-corrected chi connectivity index (χ0v) is 14.0. The molecule has 25 heavy (non-hydrogen) atoms. The lowest BCUT2D eigenvalue weighted by atomic mass is 10.1. The number of nitrogens with two attached hydrogens (primary N) is 1. The standard InChI is InChI=1S/C15H22FN3O6/c1-3-10(20)23-7-8-13(25-11(21)4-2)12(16)14(24-8)19-6-5-9(17)18-15(19)22/h5-6,8,10,12-14,20H,3-4,7H2,1-2H3,(H2,17,18,22)/t8-,10?,12+,13-,14-/m1/s1. The summed E-state index contributed by atoms with van der Waals surface area (Å²) in [5, 5.41) is 9.50. The van der Waals surface area contributed by atoms with E-state index in [0.29, 0.717) is 6.42 Å². The molecule has 0 amide bonds. The summed E-state index contributed by atoms with van der Waals surface area (Å²) in [7, 11) is 0. The molecule has 1 aromatic heterocycles. The third-order valence-electron chi connectivity index (χ3n) is 3.75. The zero-order valence-electron chi connectivity index (χ0n) is 14.0. The van der Waals surface area contributed by atoms with Crippen LogP contribution in [0.25, 0.3) is 0 Å². The first-order valence-corrected chi connectivity index (χ1v) is 8.00. The van der Waals surface area contributed by atoms with E-state index in [-0.39, 0.29) is 18.8 Å². The van der Waals surface area contributed by atoms with Crippen LogP contribution in [0.3, 0.4) is 0 Å². The number of ether oxygens (including phenoxy) is 3. The van der Waals surface area contributed by atoms with E-state index in [2.05, 4.69) is 4.98 Å². The molecular weight excluding hydrogens is 337 g/mol. The first-order valence-electron chi connectivity index (χ1n) is 8.00. The van der Waals surface area contributed by atoms with Crippen LogP contribution < -0.4 is 11.4 Å². The lowest BCUT2D eigenvalue weighted by Gasteiger charge is -2.20. The molecule has 2 heterocycles. The quantitative estimate of drug-likeness (QED) is 0.520. The number of carbonyl (C=O) groups excluding carboxylic acids is 1. The molecule has 2 rings (SSSR count). The Bertz CT molecular complexity index is 654. The van der Waals surface area contributed by atoms with Crippen LogP contribution in [-0.2, 0) is 19.0 Å². The zero-order chi connectivity index (χ0) is 18.6. The molecule has 5 atom stereocenters. The second-order valence-electron chi connectivity index (χ2n) is 5.56. The van der Waals surface area contributed by atoms with Crippen LogP contribution in [0.4, 0.5) is 10.2 Å². The van der Waals surface area contributed by atoms with Crippen molar-refractivity contribution in [1.29, 1.82) is 0 Å². The van der Waals surface area contributed by atoms with Gasteiger partial charge in [-0.05, 0) is 12.5 Å². The maximum absolute atomic E-state index is 14.8. The number of nitrogen functional groups attached to an aromatic ring is 1. The predicted molar refractivity (Wildman–Crippen MR) is 84.1 cm³/mol. The van der Waals surface area contributed by atoms with E-state index >= 15 is 0 Å². The minimum atomic E-state index is -1.81. The third kappa shape index (κ3) is 4.53. The van der Waals surface area contributed by atoms with E-state index in [4.69, 9.17) is 19.9 Å². The van der Waals surface area contributed by atoms with E-state index < -0.39 is 42.6 Å². The highest BCUT2D eigenvalue weighted by atomic mass is 19.1. The van der Waals surface area contributed by atoms with Gasteiger partial charge in [0.2, 0.25) is 0 Å². The number of aliphatic hydroxyl groups is 1. The smallest absolute Gasteiger partial charge is 0.351 e. The van der Waals surface area contributed by atoms with Crippen molar-refractivity contribution < 1.29 is 28.5 Å².